The van der Waals surface area contributed by atoms with Crippen LogP contribution in [0.15, 0.2) is 16.6 Å². The molecule has 2 unspecified atom stereocenters. The Morgan fingerprint density at radius 2 is 2.25 bits per heavy atom. The third kappa shape index (κ3) is 2.11. The fourth-order valence-corrected chi connectivity index (χ4v) is 3.85. The van der Waals surface area contributed by atoms with Gasteiger partial charge >= 0.3 is 0 Å². The molecular formula is C12H15BrO2S. The molecule has 0 fully saturated rings. The summed E-state index contributed by atoms with van der Waals surface area (Å²) in [5.74, 6) is 2.95. The summed E-state index contributed by atoms with van der Waals surface area (Å²) in [6.45, 7) is 2.08. The van der Waals surface area contributed by atoms with Gasteiger partial charge in [-0.05, 0) is 29.4 Å². The Hall–Kier alpha value is -0.190. The van der Waals surface area contributed by atoms with Crippen molar-refractivity contribution in [3.05, 3.63) is 27.7 Å². The van der Waals surface area contributed by atoms with Crippen LogP contribution in [0.3, 0.4) is 0 Å². The zero-order valence-electron chi connectivity index (χ0n) is 9.37. The van der Waals surface area contributed by atoms with E-state index in [0.717, 1.165) is 27.3 Å². The molecule has 0 bridgehead atoms. The zero-order chi connectivity index (χ0) is 11.7. The maximum absolute atomic E-state index is 10.3. The molecule has 4 heteroatoms. The van der Waals surface area contributed by atoms with Gasteiger partial charge in [0.1, 0.15) is 5.75 Å². The quantitative estimate of drug-likeness (QED) is 0.862. The van der Waals surface area contributed by atoms with Crippen LogP contribution in [0.4, 0.5) is 0 Å². The summed E-state index contributed by atoms with van der Waals surface area (Å²) < 4.78 is 6.41. The molecule has 2 nitrogen and oxygen atoms in total. The van der Waals surface area contributed by atoms with Crippen molar-refractivity contribution in [2.45, 2.75) is 18.8 Å². The predicted molar refractivity (Wildman–Crippen MR) is 71.0 cm³/mol. The number of hydrogen-bond acceptors (Lipinski definition) is 3. The number of hydrogen-bond donors (Lipinski definition) is 1. The Labute approximate surface area is 109 Å². The van der Waals surface area contributed by atoms with Crippen molar-refractivity contribution in [3.63, 3.8) is 0 Å². The summed E-state index contributed by atoms with van der Waals surface area (Å²) in [4.78, 5) is 0. The van der Waals surface area contributed by atoms with Gasteiger partial charge in [0.25, 0.3) is 0 Å². The van der Waals surface area contributed by atoms with Crippen molar-refractivity contribution in [1.82, 2.24) is 0 Å². The summed E-state index contributed by atoms with van der Waals surface area (Å²) >= 11 is 5.41. The second kappa shape index (κ2) is 4.98. The molecule has 0 saturated carbocycles. The smallest absolute Gasteiger partial charge is 0.125 e. The van der Waals surface area contributed by atoms with E-state index in [4.69, 9.17) is 4.74 Å². The molecule has 1 aliphatic heterocycles. The normalized spacial score (nSPS) is 24.8. The van der Waals surface area contributed by atoms with E-state index in [2.05, 4.69) is 22.9 Å². The number of methoxy groups -OCH3 is 1. The molecule has 1 aliphatic rings. The van der Waals surface area contributed by atoms with Crippen LogP contribution in [0.2, 0.25) is 0 Å². The van der Waals surface area contributed by atoms with Crippen LogP contribution in [-0.4, -0.2) is 18.0 Å². The summed E-state index contributed by atoms with van der Waals surface area (Å²) in [6.07, 6.45) is -0.433. The predicted octanol–water partition coefficient (Wildman–Crippen LogP) is 3.37. The molecule has 0 radical (unpaired) electrons. The number of aliphatic hydroxyl groups is 1. The van der Waals surface area contributed by atoms with Crippen LogP contribution >= 0.6 is 27.7 Å². The minimum Gasteiger partial charge on any atom is -0.496 e. The minimum absolute atomic E-state index is 0.259. The number of halogens is 1. The molecule has 0 amide bonds. The number of rotatable bonds is 1. The molecule has 1 aromatic rings. The first-order valence-electron chi connectivity index (χ1n) is 5.26. The molecular weight excluding hydrogens is 288 g/mol. The van der Waals surface area contributed by atoms with E-state index in [1.165, 1.54) is 5.56 Å². The first-order chi connectivity index (χ1) is 7.65. The van der Waals surface area contributed by atoms with Gasteiger partial charge in [0.05, 0.1) is 13.2 Å². The summed E-state index contributed by atoms with van der Waals surface area (Å²) in [6, 6.07) is 3.90. The molecule has 0 aliphatic carbocycles. The van der Waals surface area contributed by atoms with Gasteiger partial charge in [-0.1, -0.05) is 22.9 Å². The van der Waals surface area contributed by atoms with Gasteiger partial charge in [0.2, 0.25) is 0 Å². The Kier molecular flexibility index (Phi) is 3.82. The maximum atomic E-state index is 10.3. The number of thioether (sulfide) groups is 1. The van der Waals surface area contributed by atoms with Crippen LogP contribution in [0.1, 0.15) is 24.2 Å². The second-order valence-electron chi connectivity index (χ2n) is 4.08. The van der Waals surface area contributed by atoms with Gasteiger partial charge < -0.3 is 9.84 Å². The fraction of sp³-hybridized carbons (Fsp3) is 0.500. The minimum atomic E-state index is -0.433. The summed E-state index contributed by atoms with van der Waals surface area (Å²) in [7, 11) is 1.65. The lowest BCUT2D eigenvalue weighted by atomic mass is 9.94. The van der Waals surface area contributed by atoms with Crippen molar-refractivity contribution in [2.75, 3.05) is 12.9 Å². The van der Waals surface area contributed by atoms with Gasteiger partial charge in [0, 0.05) is 15.8 Å². The third-order valence-electron chi connectivity index (χ3n) is 2.94. The average Bonchev–Trinajstić information content (AvgIpc) is 2.42. The summed E-state index contributed by atoms with van der Waals surface area (Å²) in [5, 5.41) is 10.3. The molecule has 1 heterocycles. The lowest BCUT2D eigenvalue weighted by molar-refractivity contribution is 0.126. The fourth-order valence-electron chi connectivity index (χ4n) is 1.99. The van der Waals surface area contributed by atoms with Crippen molar-refractivity contribution >= 4 is 27.7 Å². The van der Waals surface area contributed by atoms with E-state index >= 15 is 0 Å². The lowest BCUT2D eigenvalue weighted by Gasteiger charge is -2.20. The van der Waals surface area contributed by atoms with E-state index in [1.807, 2.05) is 23.9 Å². The van der Waals surface area contributed by atoms with Crippen molar-refractivity contribution < 1.29 is 9.84 Å². The topological polar surface area (TPSA) is 29.5 Å². The number of aliphatic hydroxyl groups excluding tert-OH is 1. The van der Waals surface area contributed by atoms with Crippen molar-refractivity contribution in [3.8, 4) is 5.75 Å². The van der Waals surface area contributed by atoms with Crippen LogP contribution < -0.4 is 4.74 Å². The van der Waals surface area contributed by atoms with Crippen LogP contribution in [0.5, 0.6) is 5.75 Å². The lowest BCUT2D eigenvalue weighted by Crippen LogP contribution is -2.12. The Bertz CT molecular complexity index is 395. The molecule has 2 atom stereocenters. The Morgan fingerprint density at radius 1 is 1.50 bits per heavy atom. The van der Waals surface area contributed by atoms with E-state index < -0.39 is 6.10 Å². The van der Waals surface area contributed by atoms with Crippen molar-refractivity contribution in [2.24, 2.45) is 5.92 Å². The monoisotopic (exact) mass is 302 g/mol. The largest absolute Gasteiger partial charge is 0.496 e. The highest BCUT2D eigenvalue weighted by molar-refractivity contribution is 9.10. The van der Waals surface area contributed by atoms with Gasteiger partial charge in [-0.2, -0.15) is 11.8 Å². The molecule has 88 valence electrons. The van der Waals surface area contributed by atoms with Gasteiger partial charge in [0.15, 0.2) is 0 Å². The number of ether oxygens (including phenoxy) is 1. The standard InChI is InChI=1S/C12H15BrO2S/c1-7-5-16-6-8-9(13)3-4-10(15-2)11(8)12(7)14/h3-4,7,12,14H,5-6H2,1-2H3. The molecule has 2 rings (SSSR count). The molecule has 0 saturated heterocycles. The molecule has 1 N–H and O–H groups in total. The third-order valence-corrected chi connectivity index (χ3v) is 4.94. The van der Waals surface area contributed by atoms with Crippen LogP contribution in [-0.2, 0) is 5.75 Å². The first kappa shape index (κ1) is 12.3. The maximum Gasteiger partial charge on any atom is 0.125 e. The van der Waals surface area contributed by atoms with Crippen LogP contribution in [0.25, 0.3) is 0 Å². The second-order valence-corrected chi connectivity index (χ2v) is 5.96. The van der Waals surface area contributed by atoms with Crippen LogP contribution in [0, 0.1) is 5.92 Å². The van der Waals surface area contributed by atoms with Gasteiger partial charge in [-0.25, -0.2) is 0 Å². The van der Waals surface area contributed by atoms with E-state index in [9.17, 15) is 5.11 Å². The summed E-state index contributed by atoms with van der Waals surface area (Å²) in [5.41, 5.74) is 2.12. The zero-order valence-corrected chi connectivity index (χ0v) is 11.8. The van der Waals surface area contributed by atoms with Gasteiger partial charge in [-0.3, -0.25) is 0 Å². The van der Waals surface area contributed by atoms with Gasteiger partial charge in [-0.15, -0.1) is 0 Å². The van der Waals surface area contributed by atoms with Crippen molar-refractivity contribution in [1.29, 1.82) is 0 Å². The molecule has 0 spiro atoms. The van der Waals surface area contributed by atoms with E-state index in [1.54, 1.807) is 7.11 Å². The highest BCUT2D eigenvalue weighted by Gasteiger charge is 2.27. The highest BCUT2D eigenvalue weighted by atomic mass is 79.9. The molecule has 1 aromatic carbocycles. The Morgan fingerprint density at radius 3 is 2.94 bits per heavy atom. The average molecular weight is 303 g/mol. The highest BCUT2D eigenvalue weighted by Crippen LogP contribution is 2.42. The molecule has 16 heavy (non-hydrogen) atoms. The number of fused-ring (bicyclic) bond motifs is 1. The first-order valence-corrected chi connectivity index (χ1v) is 7.21. The Balaban J connectivity index is 2.58. The van der Waals surface area contributed by atoms with E-state index in [0.29, 0.717) is 0 Å². The SMILES string of the molecule is COc1ccc(Br)c2c1C(O)C(C)CSC2. The van der Waals surface area contributed by atoms with E-state index in [-0.39, 0.29) is 5.92 Å². The molecule has 0 aromatic heterocycles. The number of benzene rings is 1.